The molecule has 0 saturated heterocycles. The second-order valence-corrected chi connectivity index (χ2v) is 7.86. The molecule has 30 heavy (non-hydrogen) atoms. The molecule has 0 aromatic heterocycles. The number of carbonyl (C=O) groups excluding carboxylic acids is 1. The van der Waals surface area contributed by atoms with Crippen molar-refractivity contribution < 1.29 is 14.3 Å². The van der Waals surface area contributed by atoms with Gasteiger partial charge in [0.05, 0.1) is 23.4 Å². The van der Waals surface area contributed by atoms with Crippen molar-refractivity contribution in [2.75, 3.05) is 7.11 Å². The van der Waals surface area contributed by atoms with E-state index in [0.717, 1.165) is 10.0 Å². The van der Waals surface area contributed by atoms with E-state index in [-0.39, 0.29) is 12.5 Å². The van der Waals surface area contributed by atoms with Crippen molar-refractivity contribution in [2.24, 2.45) is 5.10 Å². The average Bonchev–Trinajstić information content (AvgIpc) is 2.74. The van der Waals surface area contributed by atoms with Crippen molar-refractivity contribution in [2.45, 2.75) is 6.61 Å². The van der Waals surface area contributed by atoms with Crippen molar-refractivity contribution in [3.63, 3.8) is 0 Å². The number of para-hydroxylation sites is 1. The molecule has 1 N–H and O–H groups in total. The Kier molecular flexibility index (Phi) is 7.74. The number of nitrogens with one attached hydrogen (secondary N) is 1. The largest absolute Gasteiger partial charge is 0.493 e. The second-order valence-electron chi connectivity index (χ2n) is 6.13. The van der Waals surface area contributed by atoms with Gasteiger partial charge >= 0.3 is 0 Å². The summed E-state index contributed by atoms with van der Waals surface area (Å²) in [5.74, 6) is 0.706. The summed E-state index contributed by atoms with van der Waals surface area (Å²) in [7, 11) is 1.55. The Morgan fingerprint density at radius 3 is 2.63 bits per heavy atom. The van der Waals surface area contributed by atoms with Gasteiger partial charge in [-0.05, 0) is 48.0 Å². The number of carbonyl (C=O) groups is 1. The molecule has 0 heterocycles. The molecule has 0 fully saturated rings. The topological polar surface area (TPSA) is 59.9 Å². The van der Waals surface area contributed by atoms with Crippen LogP contribution < -0.4 is 14.9 Å². The fraction of sp³-hybridized carbons (Fsp3) is 0.0909. The minimum Gasteiger partial charge on any atom is -0.493 e. The molecule has 8 heteroatoms. The van der Waals surface area contributed by atoms with Gasteiger partial charge in [-0.25, -0.2) is 5.43 Å². The van der Waals surface area contributed by atoms with E-state index in [1.54, 1.807) is 49.6 Å². The number of hydrogen-bond acceptors (Lipinski definition) is 4. The molecule has 0 unspecified atom stereocenters. The van der Waals surface area contributed by atoms with Crippen molar-refractivity contribution in [1.29, 1.82) is 0 Å². The molecule has 3 aromatic rings. The number of amides is 1. The minimum atomic E-state index is -0.325. The average molecular weight is 508 g/mol. The van der Waals surface area contributed by atoms with Crippen LogP contribution in [0.2, 0.25) is 10.0 Å². The lowest BCUT2D eigenvalue weighted by Gasteiger charge is -2.13. The number of ether oxygens (including phenoxy) is 2. The summed E-state index contributed by atoms with van der Waals surface area (Å²) in [6.45, 7) is 0.252. The highest BCUT2D eigenvalue weighted by Crippen LogP contribution is 2.31. The molecule has 0 aliphatic carbocycles. The van der Waals surface area contributed by atoms with Gasteiger partial charge < -0.3 is 9.47 Å². The van der Waals surface area contributed by atoms with E-state index < -0.39 is 0 Å². The van der Waals surface area contributed by atoms with E-state index in [1.807, 2.05) is 18.2 Å². The third kappa shape index (κ3) is 5.75. The van der Waals surface area contributed by atoms with Crippen molar-refractivity contribution in [3.05, 3.63) is 91.9 Å². The summed E-state index contributed by atoms with van der Waals surface area (Å²) >= 11 is 15.4. The van der Waals surface area contributed by atoms with Gasteiger partial charge in [-0.3, -0.25) is 4.79 Å². The van der Waals surface area contributed by atoms with E-state index in [1.165, 1.54) is 6.21 Å². The molecular formula is C22H17BrCl2N2O3. The fourth-order valence-corrected chi connectivity index (χ4v) is 3.31. The number of nitrogens with zero attached hydrogens (tertiary/aromatic N) is 1. The Morgan fingerprint density at radius 2 is 1.90 bits per heavy atom. The Bertz CT molecular complexity index is 1090. The van der Waals surface area contributed by atoms with Crippen LogP contribution in [0.1, 0.15) is 21.5 Å². The van der Waals surface area contributed by atoms with Crippen LogP contribution in [-0.4, -0.2) is 19.2 Å². The standard InChI is InChI=1S/C22H17BrCl2N2O3/c1-29-20-7-3-5-16(12-26-27-22(28)15-4-2-6-17(23)11-15)21(20)30-13-14-8-9-18(24)19(25)10-14/h2-12H,13H2,1H3,(H,27,28)/b26-12-. The Morgan fingerprint density at radius 1 is 1.10 bits per heavy atom. The van der Waals surface area contributed by atoms with Crippen molar-refractivity contribution in [3.8, 4) is 11.5 Å². The molecule has 0 bridgehead atoms. The molecule has 154 valence electrons. The zero-order valence-corrected chi connectivity index (χ0v) is 19.0. The first-order chi connectivity index (χ1) is 14.5. The van der Waals surface area contributed by atoms with E-state index in [4.69, 9.17) is 32.7 Å². The highest BCUT2D eigenvalue weighted by atomic mass is 79.9. The number of methoxy groups -OCH3 is 1. The molecule has 3 aromatic carbocycles. The fourth-order valence-electron chi connectivity index (χ4n) is 2.59. The quantitative estimate of drug-likeness (QED) is 0.310. The monoisotopic (exact) mass is 506 g/mol. The third-order valence-corrected chi connectivity index (χ3v) is 5.29. The first kappa shape index (κ1) is 22.2. The number of benzene rings is 3. The van der Waals surface area contributed by atoms with Crippen LogP contribution in [0, 0.1) is 0 Å². The van der Waals surface area contributed by atoms with Crippen LogP contribution in [-0.2, 0) is 6.61 Å². The smallest absolute Gasteiger partial charge is 0.271 e. The Labute approximate surface area is 192 Å². The normalized spacial score (nSPS) is 10.8. The van der Waals surface area contributed by atoms with E-state index >= 15 is 0 Å². The molecule has 1 amide bonds. The predicted molar refractivity (Wildman–Crippen MR) is 123 cm³/mol. The van der Waals surface area contributed by atoms with Gasteiger partial charge in [0, 0.05) is 15.6 Å². The number of rotatable bonds is 7. The highest BCUT2D eigenvalue weighted by Gasteiger charge is 2.11. The minimum absolute atomic E-state index is 0.252. The molecule has 0 aliphatic heterocycles. The van der Waals surface area contributed by atoms with E-state index in [2.05, 4.69) is 26.5 Å². The summed E-state index contributed by atoms with van der Waals surface area (Å²) in [6.07, 6.45) is 1.50. The summed E-state index contributed by atoms with van der Waals surface area (Å²) < 4.78 is 12.2. The predicted octanol–water partition coefficient (Wildman–Crippen LogP) is 6.11. The molecule has 0 spiro atoms. The van der Waals surface area contributed by atoms with Crippen LogP contribution in [0.3, 0.4) is 0 Å². The van der Waals surface area contributed by atoms with Gasteiger partial charge in [-0.15, -0.1) is 0 Å². The molecule has 0 radical (unpaired) electrons. The molecular weight excluding hydrogens is 491 g/mol. The van der Waals surface area contributed by atoms with Gasteiger partial charge in [-0.2, -0.15) is 5.10 Å². The van der Waals surface area contributed by atoms with Crippen molar-refractivity contribution >= 4 is 51.3 Å². The SMILES string of the molecule is COc1cccc(/C=N\NC(=O)c2cccc(Br)c2)c1OCc1ccc(Cl)c(Cl)c1. The van der Waals surface area contributed by atoms with Gasteiger partial charge in [0.2, 0.25) is 0 Å². The lowest BCUT2D eigenvalue weighted by Crippen LogP contribution is -2.17. The molecule has 3 rings (SSSR count). The third-order valence-electron chi connectivity index (χ3n) is 4.05. The highest BCUT2D eigenvalue weighted by molar-refractivity contribution is 9.10. The van der Waals surface area contributed by atoms with Crippen LogP contribution in [0.15, 0.2) is 70.2 Å². The Hall–Kier alpha value is -2.54. The maximum Gasteiger partial charge on any atom is 0.271 e. The lowest BCUT2D eigenvalue weighted by atomic mass is 10.2. The second kappa shape index (κ2) is 10.5. The van der Waals surface area contributed by atoms with Gasteiger partial charge in [0.15, 0.2) is 11.5 Å². The number of halogens is 3. The lowest BCUT2D eigenvalue weighted by molar-refractivity contribution is 0.0955. The molecule has 0 aliphatic rings. The van der Waals surface area contributed by atoms with Gasteiger partial charge in [0.1, 0.15) is 6.61 Å². The van der Waals surface area contributed by atoms with Crippen molar-refractivity contribution in [1.82, 2.24) is 5.43 Å². The Balaban J connectivity index is 1.75. The molecule has 5 nitrogen and oxygen atoms in total. The summed E-state index contributed by atoms with van der Waals surface area (Å²) in [5.41, 5.74) is 4.49. The van der Waals surface area contributed by atoms with Gasteiger partial charge in [-0.1, -0.05) is 57.3 Å². The summed E-state index contributed by atoms with van der Waals surface area (Å²) in [5, 5.41) is 4.98. The number of hydrogen-bond donors (Lipinski definition) is 1. The maximum atomic E-state index is 12.2. The number of hydrazone groups is 1. The van der Waals surface area contributed by atoms with E-state index in [9.17, 15) is 4.79 Å². The van der Waals surface area contributed by atoms with Crippen LogP contribution in [0.4, 0.5) is 0 Å². The zero-order valence-electron chi connectivity index (χ0n) is 15.9. The maximum absolute atomic E-state index is 12.2. The molecule has 0 atom stereocenters. The van der Waals surface area contributed by atoms with Crippen LogP contribution in [0.25, 0.3) is 0 Å². The summed E-state index contributed by atoms with van der Waals surface area (Å²) in [6, 6.07) is 17.7. The van der Waals surface area contributed by atoms with E-state index in [0.29, 0.717) is 32.7 Å². The molecule has 0 saturated carbocycles. The first-order valence-corrected chi connectivity index (χ1v) is 10.4. The van der Waals surface area contributed by atoms with Crippen LogP contribution in [0.5, 0.6) is 11.5 Å². The van der Waals surface area contributed by atoms with Gasteiger partial charge in [0.25, 0.3) is 5.91 Å². The summed E-state index contributed by atoms with van der Waals surface area (Å²) in [4.78, 5) is 12.2. The zero-order chi connectivity index (χ0) is 21.5. The van der Waals surface area contributed by atoms with Crippen LogP contribution >= 0.6 is 39.1 Å². The first-order valence-electron chi connectivity index (χ1n) is 8.80.